The Morgan fingerprint density at radius 2 is 0.761 bits per heavy atom. The number of nitrogens with zero attached hydrogens (tertiary/aromatic N) is 15. The third kappa shape index (κ3) is 17.9. The van der Waals surface area contributed by atoms with Crippen LogP contribution in [0.4, 0.5) is 0 Å². The monoisotopic (exact) mass is 1800 g/mol. The van der Waals surface area contributed by atoms with Crippen molar-refractivity contribution in [2.24, 2.45) is 53.8 Å². The first-order valence-electron chi connectivity index (χ1n) is 45.9. The van der Waals surface area contributed by atoms with E-state index in [1.54, 1.807) is 80.7 Å². The standard InChI is InChI=1S/C34H35N7O2.C34H34N6O3.C19H19N3O2.C17H21N3O2.2CH4/c1-40-28-19-23(10-11-24(28)30(22-6-3-4-7-22)31(40)26-20-36-16-17-37-26)32(43)39-34(14-5-15-34)33-38-25-18-21(9-13-29(35)42)8-12-27(25)41(33)2;1-39-28-19-23(10-11-24(28)30(22-6-3-4-7-22)31(39)26-20-35-16-17-36-26)32(43)38-34(14-5-15-34)33-37-25-18-21(9-13-29(41)42)8-12-27(25)40(33)2;1-22-16-10-13(19(23)24)6-7-14(16)17(12-4-2-3-5-12)18(22)15-11-20-8-9-21-15;1-3-22-15(21)8-6-12-5-7-14-13(11-12)19-16(20(14)2)17(18)9-4-10-17;;/h8-13,16-20,22H,3-7,14-15H2,1-2H3,(H2,35,42)(H,39,43);8-13,16-20,22H,3-7,14-15H2,1-2H3,(H,38,43)(H,41,42);6-12H,2-5H2,1H3,(H,23,24);5-8,11H,3-4,9-10,18H2,1-2H3;2*1H4/b2*13-9+;;8-6+;;. The number of fused-ring (bicyclic) bond motifs is 6. The molecule has 3 amide bonds. The Hall–Kier alpha value is -14.4. The number of ether oxygens (including phenoxy) is 1. The number of amides is 3. The van der Waals surface area contributed by atoms with Crippen molar-refractivity contribution < 1.29 is 43.7 Å². The molecule has 690 valence electrons. The number of esters is 1. The molecule has 0 aliphatic heterocycles. The smallest absolute Gasteiger partial charge is 0.335 e. The molecule has 8 N–H and O–H groups in total. The summed E-state index contributed by atoms with van der Waals surface area (Å²) >= 11 is 0. The first-order valence-corrected chi connectivity index (χ1v) is 45.9. The van der Waals surface area contributed by atoms with Crippen molar-refractivity contribution in [2.75, 3.05) is 6.61 Å². The number of carbonyl (C=O) groups is 6. The lowest BCUT2D eigenvalue weighted by molar-refractivity contribution is -0.137. The van der Waals surface area contributed by atoms with Crippen molar-refractivity contribution in [2.45, 2.75) is 191 Å². The van der Waals surface area contributed by atoms with Gasteiger partial charge in [0.15, 0.2) is 0 Å². The van der Waals surface area contributed by atoms with E-state index in [1.165, 1.54) is 91.0 Å². The predicted octanol–water partition coefficient (Wildman–Crippen LogP) is 19.3. The molecule has 9 aromatic heterocycles. The van der Waals surface area contributed by atoms with Crippen LogP contribution >= 0.6 is 0 Å². The molecule has 21 rings (SSSR count). The number of imidazole rings is 3. The van der Waals surface area contributed by atoms with Crippen LogP contribution in [0.5, 0.6) is 0 Å². The molecular formula is C106H117N19O9. The molecule has 9 heterocycles. The van der Waals surface area contributed by atoms with Gasteiger partial charge in [-0.2, -0.15) is 0 Å². The molecule has 134 heavy (non-hydrogen) atoms. The highest BCUT2D eigenvalue weighted by atomic mass is 16.5. The minimum atomic E-state index is -0.994. The summed E-state index contributed by atoms with van der Waals surface area (Å²) in [6.45, 7) is 2.17. The van der Waals surface area contributed by atoms with E-state index in [-0.39, 0.29) is 38.2 Å². The van der Waals surface area contributed by atoms with Crippen molar-refractivity contribution in [1.29, 1.82) is 0 Å². The number of carboxylic acid groups (broad SMARTS) is 2. The number of carboxylic acids is 2. The van der Waals surface area contributed by atoms with Gasteiger partial charge in [-0.25, -0.2) is 29.3 Å². The summed E-state index contributed by atoms with van der Waals surface area (Å²) < 4.78 is 17.5. The Labute approximate surface area is 778 Å². The lowest BCUT2D eigenvalue weighted by Crippen LogP contribution is -2.52. The van der Waals surface area contributed by atoms with Crippen LogP contribution in [0.15, 0.2) is 183 Å². The second-order valence-corrected chi connectivity index (χ2v) is 36.2. The van der Waals surface area contributed by atoms with Crippen LogP contribution in [0.3, 0.4) is 0 Å². The maximum Gasteiger partial charge on any atom is 0.335 e. The van der Waals surface area contributed by atoms with E-state index in [0.29, 0.717) is 41.1 Å². The third-order valence-electron chi connectivity index (χ3n) is 28.1. The molecule has 6 saturated carbocycles. The third-order valence-corrected chi connectivity index (χ3v) is 28.1. The van der Waals surface area contributed by atoms with Crippen LogP contribution in [-0.4, -0.2) is 125 Å². The predicted molar refractivity (Wildman–Crippen MR) is 524 cm³/mol. The fraction of sp³-hybridized carbons (Fsp3) is 0.349. The van der Waals surface area contributed by atoms with E-state index in [1.807, 2.05) is 130 Å². The fourth-order valence-corrected chi connectivity index (χ4v) is 21.1. The zero-order chi connectivity index (χ0) is 91.9. The summed E-state index contributed by atoms with van der Waals surface area (Å²) in [5.41, 5.74) is 32.5. The minimum absolute atomic E-state index is 0. The number of benzene rings is 6. The summed E-state index contributed by atoms with van der Waals surface area (Å²) in [7, 11) is 12.1. The second kappa shape index (κ2) is 38.8. The van der Waals surface area contributed by atoms with Crippen LogP contribution in [0.1, 0.15) is 256 Å². The van der Waals surface area contributed by atoms with Crippen molar-refractivity contribution in [3.63, 3.8) is 0 Å². The van der Waals surface area contributed by atoms with Gasteiger partial charge in [0.1, 0.15) is 34.6 Å². The number of rotatable bonds is 21. The molecular weight excluding hydrogens is 1680 g/mol. The van der Waals surface area contributed by atoms with Crippen LogP contribution in [-0.2, 0) is 78.0 Å². The number of primary amides is 1. The first-order chi connectivity index (χ1) is 63.9. The molecule has 6 aliphatic carbocycles. The summed E-state index contributed by atoms with van der Waals surface area (Å²) in [4.78, 5) is 114. The summed E-state index contributed by atoms with van der Waals surface area (Å²) in [5.74, 6) is 1.09. The summed E-state index contributed by atoms with van der Waals surface area (Å²) in [5, 5.41) is 28.5. The highest BCUT2D eigenvalue weighted by molar-refractivity contribution is 6.04. The van der Waals surface area contributed by atoms with Gasteiger partial charge < -0.3 is 64.5 Å². The first kappa shape index (κ1) is 92.8. The summed E-state index contributed by atoms with van der Waals surface area (Å²) in [6, 6.07) is 35.1. The normalized spacial score (nSPS) is 16.2. The molecule has 0 radical (unpaired) electrons. The van der Waals surface area contributed by atoms with Crippen molar-refractivity contribution >= 4 is 120 Å². The van der Waals surface area contributed by atoms with E-state index in [2.05, 4.69) is 89.6 Å². The number of hydrogen-bond donors (Lipinski definition) is 6. The number of aromatic nitrogens is 15. The molecule has 28 nitrogen and oxygen atoms in total. The number of hydrogen-bond acceptors (Lipinski definition) is 17. The van der Waals surface area contributed by atoms with E-state index in [4.69, 9.17) is 36.3 Å². The van der Waals surface area contributed by atoms with Crippen molar-refractivity contribution in [3.8, 4) is 34.2 Å². The Kier molecular flexibility index (Phi) is 26.9. The minimum Gasteiger partial charge on any atom is -0.478 e. The molecule has 0 atom stereocenters. The number of nitrogens with one attached hydrogen (secondary N) is 2. The molecule has 0 spiro atoms. The topological polar surface area (TPSA) is 374 Å². The van der Waals surface area contributed by atoms with E-state index >= 15 is 0 Å². The van der Waals surface area contributed by atoms with Gasteiger partial charge >= 0.3 is 17.9 Å². The number of carbonyl (C=O) groups excluding carboxylic acids is 4. The average molecular weight is 1800 g/mol. The van der Waals surface area contributed by atoms with Gasteiger partial charge in [-0.15, -0.1) is 0 Å². The molecule has 0 saturated heterocycles. The molecule has 0 bridgehead atoms. The fourth-order valence-electron chi connectivity index (χ4n) is 21.1. The Morgan fingerprint density at radius 1 is 0.418 bits per heavy atom. The zero-order valence-corrected chi connectivity index (χ0v) is 75.5. The van der Waals surface area contributed by atoms with Crippen LogP contribution in [0, 0.1) is 0 Å². The number of aryl methyl sites for hydroxylation is 6. The molecule has 6 aromatic carbocycles. The highest BCUT2D eigenvalue weighted by Gasteiger charge is 2.47. The molecule has 15 aromatic rings. The van der Waals surface area contributed by atoms with Gasteiger partial charge in [0, 0.05) is 142 Å². The number of nitrogens with two attached hydrogens (primary N) is 2. The highest BCUT2D eigenvalue weighted by Crippen LogP contribution is 2.50. The Balaban J connectivity index is 0.000000135. The van der Waals surface area contributed by atoms with Gasteiger partial charge in [0.2, 0.25) is 5.91 Å². The van der Waals surface area contributed by atoms with Gasteiger partial charge in [-0.1, -0.05) is 89.8 Å². The van der Waals surface area contributed by atoms with Crippen LogP contribution < -0.4 is 22.1 Å². The molecule has 6 aliphatic rings. The molecule has 28 heteroatoms. The second-order valence-electron chi connectivity index (χ2n) is 36.2. The Morgan fingerprint density at radius 3 is 1.08 bits per heavy atom. The number of aromatic carboxylic acids is 1. The quantitative estimate of drug-likeness (QED) is 0.0287. The van der Waals surface area contributed by atoms with Gasteiger partial charge in [-0.3, -0.25) is 44.3 Å². The SMILES string of the molecule is C.C.CCOC(=O)/C=C/c1ccc2c(c1)nc(C1(N)CCC1)n2C.Cn1c(-c2cnccn2)c(C2CCCC2)c2ccc(C(=O)O)cc21.Cn1c(C2(NC(=O)c3ccc4c(C5CCCC5)c(-c5cnccn5)n(C)c4c3)CCC2)nc2cc(/C=C/C(=O)O)ccc21.Cn1c(C2(NC(=O)c3ccc4c(C5CCCC5)c(-c5cnccn5)n(C)c4c3)CCC2)nc2cc(/C=C/C(N)=O)ccc21. The van der Waals surface area contributed by atoms with Crippen molar-refractivity contribution in [1.82, 2.24) is 82.9 Å². The maximum atomic E-state index is 13.9. The maximum absolute atomic E-state index is 13.9. The Bertz CT molecular complexity index is 6800. The van der Waals surface area contributed by atoms with Crippen molar-refractivity contribution in [3.05, 3.63) is 251 Å². The van der Waals surface area contributed by atoms with E-state index in [0.717, 1.165) is 213 Å². The van der Waals surface area contributed by atoms with Gasteiger partial charge in [0.05, 0.1) is 97.6 Å². The number of aliphatic carboxylic acids is 1. The average Bonchev–Trinajstić information content (AvgIpc) is 1.56. The zero-order valence-electron chi connectivity index (χ0n) is 75.5. The summed E-state index contributed by atoms with van der Waals surface area (Å²) in [6.07, 6.45) is 47.4. The van der Waals surface area contributed by atoms with Crippen LogP contribution in [0.25, 0.3) is 118 Å². The van der Waals surface area contributed by atoms with Crippen LogP contribution in [0.2, 0.25) is 0 Å². The lowest BCUT2D eigenvalue weighted by Gasteiger charge is -2.41. The van der Waals surface area contributed by atoms with Gasteiger partial charge in [-0.05, 0) is 245 Å². The van der Waals surface area contributed by atoms with E-state index < -0.39 is 28.9 Å². The molecule has 6 fully saturated rings. The van der Waals surface area contributed by atoms with Gasteiger partial charge in [0.25, 0.3) is 11.8 Å². The lowest BCUT2D eigenvalue weighted by atomic mass is 9.75. The largest absolute Gasteiger partial charge is 0.478 e. The van der Waals surface area contributed by atoms with E-state index in [9.17, 15) is 33.9 Å². The molecule has 0 unspecified atom stereocenters.